The average Bonchev–Trinajstić information content (AvgIpc) is 2.53. The van der Waals surface area contributed by atoms with Crippen LogP contribution in [0.4, 0.5) is 5.69 Å². The van der Waals surface area contributed by atoms with Crippen molar-refractivity contribution in [3.63, 3.8) is 0 Å². The van der Waals surface area contributed by atoms with Gasteiger partial charge in [0, 0.05) is 12.2 Å². The molecule has 0 fully saturated rings. The van der Waals surface area contributed by atoms with E-state index >= 15 is 0 Å². The quantitative estimate of drug-likeness (QED) is 0.888. The van der Waals surface area contributed by atoms with Crippen LogP contribution in [0, 0.1) is 6.92 Å². The van der Waals surface area contributed by atoms with Gasteiger partial charge in [-0.3, -0.25) is 0 Å². The highest BCUT2D eigenvalue weighted by Gasteiger charge is 2.19. The molecule has 1 aliphatic rings. The fourth-order valence-corrected chi connectivity index (χ4v) is 3.28. The standard InChI is InChI=1S/C19H23NO/c1-14-7-10-19(21-2)16(13-14)9-8-15-11-12-20-18-6-4-3-5-17(15)18/h3-7,10,13,15,20H,8-9,11-12H2,1-2H3. The van der Waals surface area contributed by atoms with E-state index < -0.39 is 0 Å². The Balaban J connectivity index is 1.76. The van der Waals surface area contributed by atoms with Crippen molar-refractivity contribution in [2.75, 3.05) is 19.0 Å². The zero-order chi connectivity index (χ0) is 14.7. The van der Waals surface area contributed by atoms with Crippen molar-refractivity contribution in [2.24, 2.45) is 0 Å². The zero-order valence-corrected chi connectivity index (χ0v) is 12.9. The van der Waals surface area contributed by atoms with Crippen LogP contribution < -0.4 is 10.1 Å². The number of nitrogens with one attached hydrogen (secondary N) is 1. The number of hydrogen-bond acceptors (Lipinski definition) is 2. The molecule has 1 aliphatic heterocycles. The minimum absolute atomic E-state index is 0.646. The van der Waals surface area contributed by atoms with Crippen molar-refractivity contribution in [1.29, 1.82) is 0 Å². The third-order valence-corrected chi connectivity index (χ3v) is 4.41. The Hall–Kier alpha value is -1.96. The van der Waals surface area contributed by atoms with Crippen LogP contribution in [0.2, 0.25) is 0 Å². The summed E-state index contributed by atoms with van der Waals surface area (Å²) >= 11 is 0. The summed E-state index contributed by atoms with van der Waals surface area (Å²) in [4.78, 5) is 0. The van der Waals surface area contributed by atoms with Crippen LogP contribution >= 0.6 is 0 Å². The van der Waals surface area contributed by atoms with Gasteiger partial charge in [0.15, 0.2) is 0 Å². The Bertz CT molecular complexity index is 621. The monoisotopic (exact) mass is 281 g/mol. The lowest BCUT2D eigenvalue weighted by Gasteiger charge is -2.27. The number of benzene rings is 2. The molecule has 2 heteroatoms. The molecule has 1 unspecified atom stereocenters. The first-order valence-electron chi connectivity index (χ1n) is 7.74. The van der Waals surface area contributed by atoms with Gasteiger partial charge >= 0.3 is 0 Å². The van der Waals surface area contributed by atoms with E-state index in [1.807, 2.05) is 0 Å². The minimum atomic E-state index is 0.646. The van der Waals surface area contributed by atoms with Crippen molar-refractivity contribution in [1.82, 2.24) is 0 Å². The van der Waals surface area contributed by atoms with E-state index in [-0.39, 0.29) is 0 Å². The van der Waals surface area contributed by atoms with E-state index in [2.05, 4.69) is 54.7 Å². The first-order chi connectivity index (χ1) is 10.3. The molecule has 1 heterocycles. The number of fused-ring (bicyclic) bond motifs is 1. The van der Waals surface area contributed by atoms with Gasteiger partial charge in [-0.1, -0.05) is 35.9 Å². The van der Waals surface area contributed by atoms with Gasteiger partial charge in [0.2, 0.25) is 0 Å². The van der Waals surface area contributed by atoms with E-state index in [0.717, 1.165) is 18.7 Å². The summed E-state index contributed by atoms with van der Waals surface area (Å²) < 4.78 is 5.50. The number of hydrogen-bond donors (Lipinski definition) is 1. The zero-order valence-electron chi connectivity index (χ0n) is 12.9. The third-order valence-electron chi connectivity index (χ3n) is 4.41. The van der Waals surface area contributed by atoms with Crippen molar-refractivity contribution in [2.45, 2.75) is 32.1 Å². The van der Waals surface area contributed by atoms with Gasteiger partial charge in [-0.2, -0.15) is 0 Å². The molecule has 0 saturated carbocycles. The fourth-order valence-electron chi connectivity index (χ4n) is 3.28. The van der Waals surface area contributed by atoms with E-state index in [0.29, 0.717) is 5.92 Å². The van der Waals surface area contributed by atoms with Crippen molar-refractivity contribution in [3.05, 3.63) is 59.2 Å². The second-order valence-corrected chi connectivity index (χ2v) is 5.85. The van der Waals surface area contributed by atoms with Gasteiger partial charge in [-0.05, 0) is 55.4 Å². The Morgan fingerprint density at radius 3 is 2.90 bits per heavy atom. The molecule has 3 rings (SSSR count). The maximum Gasteiger partial charge on any atom is 0.122 e. The Labute approximate surface area is 127 Å². The Morgan fingerprint density at radius 1 is 1.19 bits per heavy atom. The first-order valence-corrected chi connectivity index (χ1v) is 7.74. The van der Waals surface area contributed by atoms with Crippen LogP contribution in [0.25, 0.3) is 0 Å². The molecular weight excluding hydrogens is 258 g/mol. The van der Waals surface area contributed by atoms with Gasteiger partial charge in [-0.25, -0.2) is 0 Å². The molecule has 1 atom stereocenters. The molecule has 2 aromatic carbocycles. The lowest BCUT2D eigenvalue weighted by Crippen LogP contribution is -2.17. The molecule has 21 heavy (non-hydrogen) atoms. The molecule has 0 spiro atoms. The average molecular weight is 281 g/mol. The summed E-state index contributed by atoms with van der Waals surface area (Å²) in [7, 11) is 1.76. The molecule has 0 amide bonds. The van der Waals surface area contributed by atoms with Crippen molar-refractivity contribution in [3.8, 4) is 5.75 Å². The molecule has 0 radical (unpaired) electrons. The summed E-state index contributed by atoms with van der Waals surface area (Å²) in [6, 6.07) is 15.2. The van der Waals surface area contributed by atoms with Crippen LogP contribution in [0.3, 0.4) is 0 Å². The summed E-state index contributed by atoms with van der Waals surface area (Å²) in [5.74, 6) is 1.66. The largest absolute Gasteiger partial charge is 0.496 e. The first kappa shape index (κ1) is 14.0. The van der Waals surface area contributed by atoms with Crippen LogP contribution in [0.5, 0.6) is 5.75 Å². The predicted octanol–water partition coefficient (Wildman–Crippen LogP) is 4.54. The highest BCUT2D eigenvalue weighted by atomic mass is 16.5. The van der Waals surface area contributed by atoms with Gasteiger partial charge in [0.25, 0.3) is 0 Å². The Morgan fingerprint density at radius 2 is 2.05 bits per heavy atom. The van der Waals surface area contributed by atoms with Gasteiger partial charge in [-0.15, -0.1) is 0 Å². The van der Waals surface area contributed by atoms with Crippen molar-refractivity contribution >= 4 is 5.69 Å². The normalized spacial score (nSPS) is 17.0. The fraction of sp³-hybridized carbons (Fsp3) is 0.368. The molecule has 1 N–H and O–H groups in total. The number of para-hydroxylation sites is 1. The number of methoxy groups -OCH3 is 1. The number of aryl methyl sites for hydroxylation is 2. The molecular formula is C19H23NO. The molecule has 2 aromatic rings. The molecule has 0 bridgehead atoms. The second kappa shape index (κ2) is 6.21. The summed E-state index contributed by atoms with van der Waals surface area (Å²) in [6.07, 6.45) is 3.47. The minimum Gasteiger partial charge on any atom is -0.496 e. The lowest BCUT2D eigenvalue weighted by atomic mass is 9.86. The van der Waals surface area contributed by atoms with Crippen LogP contribution in [0.1, 0.15) is 35.4 Å². The predicted molar refractivity (Wildman–Crippen MR) is 88.3 cm³/mol. The number of anilines is 1. The summed E-state index contributed by atoms with van der Waals surface area (Å²) in [5, 5.41) is 3.50. The van der Waals surface area contributed by atoms with Crippen LogP contribution in [-0.4, -0.2) is 13.7 Å². The number of rotatable bonds is 4. The second-order valence-electron chi connectivity index (χ2n) is 5.85. The molecule has 0 saturated heterocycles. The van der Waals surface area contributed by atoms with Gasteiger partial charge < -0.3 is 10.1 Å². The maximum atomic E-state index is 5.50. The van der Waals surface area contributed by atoms with E-state index in [1.165, 1.54) is 35.2 Å². The Kier molecular flexibility index (Phi) is 4.14. The summed E-state index contributed by atoms with van der Waals surface area (Å²) in [5.41, 5.74) is 5.41. The van der Waals surface area contributed by atoms with E-state index in [4.69, 9.17) is 4.74 Å². The topological polar surface area (TPSA) is 21.3 Å². The highest BCUT2D eigenvalue weighted by molar-refractivity contribution is 5.54. The third kappa shape index (κ3) is 3.05. The van der Waals surface area contributed by atoms with Crippen LogP contribution in [-0.2, 0) is 6.42 Å². The molecule has 2 nitrogen and oxygen atoms in total. The maximum absolute atomic E-state index is 5.50. The van der Waals surface area contributed by atoms with E-state index in [9.17, 15) is 0 Å². The molecule has 0 aliphatic carbocycles. The molecule has 110 valence electrons. The van der Waals surface area contributed by atoms with Gasteiger partial charge in [0.1, 0.15) is 5.75 Å². The lowest BCUT2D eigenvalue weighted by molar-refractivity contribution is 0.408. The SMILES string of the molecule is COc1ccc(C)cc1CCC1CCNc2ccccc21. The van der Waals surface area contributed by atoms with E-state index in [1.54, 1.807) is 7.11 Å². The van der Waals surface area contributed by atoms with Crippen molar-refractivity contribution < 1.29 is 4.74 Å². The molecule has 0 aromatic heterocycles. The smallest absolute Gasteiger partial charge is 0.122 e. The highest BCUT2D eigenvalue weighted by Crippen LogP contribution is 2.35. The summed E-state index contributed by atoms with van der Waals surface area (Å²) in [6.45, 7) is 3.22. The number of ether oxygens (including phenoxy) is 1. The van der Waals surface area contributed by atoms with Crippen LogP contribution in [0.15, 0.2) is 42.5 Å². The van der Waals surface area contributed by atoms with Gasteiger partial charge in [0.05, 0.1) is 7.11 Å².